The van der Waals surface area contributed by atoms with Crippen LogP contribution in [0, 0.1) is 11.8 Å². The second kappa shape index (κ2) is 5.79. The number of rotatable bonds is 3. The second-order valence-corrected chi connectivity index (χ2v) is 2.99. The standard InChI is InChI=1S/C12H12O4/c1-16-10-6-5-9(4-2-3-7-13)11(8-10)12(14)15/h5-6,8,13H,3,7H2,1H3,(H,14,15). The lowest BCUT2D eigenvalue weighted by atomic mass is 10.1. The first-order valence-electron chi connectivity index (χ1n) is 4.70. The van der Waals surface area contributed by atoms with E-state index < -0.39 is 5.97 Å². The molecule has 0 spiro atoms. The molecule has 0 aliphatic carbocycles. The van der Waals surface area contributed by atoms with Crippen molar-refractivity contribution in [2.75, 3.05) is 13.7 Å². The molecule has 0 bridgehead atoms. The first kappa shape index (κ1) is 12.1. The maximum Gasteiger partial charge on any atom is 0.337 e. The van der Waals surface area contributed by atoms with Gasteiger partial charge in [-0.2, -0.15) is 0 Å². The average molecular weight is 220 g/mol. The summed E-state index contributed by atoms with van der Waals surface area (Å²) in [5.74, 6) is 4.81. The highest BCUT2D eigenvalue weighted by molar-refractivity contribution is 5.91. The molecule has 0 unspecified atom stereocenters. The van der Waals surface area contributed by atoms with Gasteiger partial charge in [0, 0.05) is 12.0 Å². The lowest BCUT2D eigenvalue weighted by Crippen LogP contribution is -2.00. The van der Waals surface area contributed by atoms with Crippen LogP contribution < -0.4 is 4.74 Å². The van der Waals surface area contributed by atoms with Gasteiger partial charge in [0.05, 0.1) is 19.3 Å². The summed E-state index contributed by atoms with van der Waals surface area (Å²) in [6, 6.07) is 4.66. The molecule has 0 saturated heterocycles. The number of carbonyl (C=O) groups is 1. The molecular weight excluding hydrogens is 208 g/mol. The molecule has 1 rings (SSSR count). The quantitative estimate of drug-likeness (QED) is 0.749. The lowest BCUT2D eigenvalue weighted by Gasteiger charge is -2.03. The Morgan fingerprint density at radius 3 is 2.81 bits per heavy atom. The fourth-order valence-electron chi connectivity index (χ4n) is 1.15. The number of aliphatic hydroxyl groups excluding tert-OH is 1. The molecule has 0 atom stereocenters. The van der Waals surface area contributed by atoms with Crippen molar-refractivity contribution in [3.05, 3.63) is 29.3 Å². The van der Waals surface area contributed by atoms with Crippen molar-refractivity contribution >= 4 is 5.97 Å². The maximum atomic E-state index is 10.9. The third kappa shape index (κ3) is 3.01. The van der Waals surface area contributed by atoms with E-state index >= 15 is 0 Å². The van der Waals surface area contributed by atoms with Gasteiger partial charge < -0.3 is 14.9 Å². The van der Waals surface area contributed by atoms with Crippen LogP contribution in [0.1, 0.15) is 22.3 Å². The molecule has 0 radical (unpaired) electrons. The van der Waals surface area contributed by atoms with Crippen LogP contribution in [-0.2, 0) is 0 Å². The highest BCUT2D eigenvalue weighted by Gasteiger charge is 2.09. The van der Waals surface area contributed by atoms with E-state index in [4.69, 9.17) is 14.9 Å². The van der Waals surface area contributed by atoms with Crippen molar-refractivity contribution in [1.82, 2.24) is 0 Å². The number of aromatic carboxylic acids is 1. The summed E-state index contributed by atoms with van der Waals surface area (Å²) >= 11 is 0. The third-order valence-corrected chi connectivity index (χ3v) is 1.92. The number of benzene rings is 1. The highest BCUT2D eigenvalue weighted by atomic mass is 16.5. The molecule has 0 heterocycles. The molecule has 4 heteroatoms. The van der Waals surface area contributed by atoms with Crippen molar-refractivity contribution in [1.29, 1.82) is 0 Å². The molecule has 0 amide bonds. The van der Waals surface area contributed by atoms with Crippen LogP contribution in [-0.4, -0.2) is 29.9 Å². The Hall–Kier alpha value is -1.99. The summed E-state index contributed by atoms with van der Waals surface area (Å²) in [6.07, 6.45) is 0.324. The van der Waals surface area contributed by atoms with Crippen LogP contribution in [0.25, 0.3) is 0 Å². The largest absolute Gasteiger partial charge is 0.497 e. The Morgan fingerprint density at radius 1 is 1.50 bits per heavy atom. The molecule has 4 nitrogen and oxygen atoms in total. The summed E-state index contributed by atoms with van der Waals surface area (Å²) in [4.78, 5) is 10.9. The number of hydrogen-bond acceptors (Lipinski definition) is 3. The van der Waals surface area contributed by atoms with Crippen LogP contribution in [0.5, 0.6) is 5.75 Å². The fraction of sp³-hybridized carbons (Fsp3) is 0.250. The molecule has 0 fully saturated rings. The minimum absolute atomic E-state index is 0.0362. The molecule has 2 N–H and O–H groups in total. The van der Waals surface area contributed by atoms with Crippen LogP contribution in [0.3, 0.4) is 0 Å². The van der Waals surface area contributed by atoms with Gasteiger partial charge in [-0.05, 0) is 18.2 Å². The zero-order valence-electron chi connectivity index (χ0n) is 8.86. The molecule has 16 heavy (non-hydrogen) atoms. The molecule has 0 aliphatic heterocycles. The summed E-state index contributed by atoms with van der Waals surface area (Å²) in [5.41, 5.74) is 0.520. The molecule has 84 valence electrons. The van der Waals surface area contributed by atoms with E-state index in [2.05, 4.69) is 11.8 Å². The Kier molecular flexibility index (Phi) is 4.37. The van der Waals surface area contributed by atoms with Gasteiger partial charge in [0.15, 0.2) is 0 Å². The van der Waals surface area contributed by atoms with Gasteiger partial charge in [0.2, 0.25) is 0 Å². The van der Waals surface area contributed by atoms with Gasteiger partial charge in [-0.1, -0.05) is 11.8 Å². The van der Waals surface area contributed by atoms with Crippen molar-refractivity contribution in [2.24, 2.45) is 0 Å². The summed E-state index contributed by atoms with van der Waals surface area (Å²) in [6.45, 7) is -0.0362. The highest BCUT2D eigenvalue weighted by Crippen LogP contribution is 2.17. The first-order chi connectivity index (χ1) is 7.69. The van der Waals surface area contributed by atoms with Gasteiger partial charge in [-0.3, -0.25) is 0 Å². The van der Waals surface area contributed by atoms with Gasteiger partial charge in [0.25, 0.3) is 0 Å². The molecule has 0 aliphatic rings. The summed E-state index contributed by atoms with van der Waals surface area (Å²) < 4.78 is 4.93. The van der Waals surface area contributed by atoms with E-state index in [9.17, 15) is 4.79 Å². The second-order valence-electron chi connectivity index (χ2n) is 2.99. The predicted molar refractivity (Wildman–Crippen MR) is 58.5 cm³/mol. The average Bonchev–Trinajstić information content (AvgIpc) is 2.29. The smallest absolute Gasteiger partial charge is 0.337 e. The van der Waals surface area contributed by atoms with Gasteiger partial charge in [0.1, 0.15) is 5.75 Å². The minimum atomic E-state index is -1.05. The third-order valence-electron chi connectivity index (χ3n) is 1.92. The van der Waals surface area contributed by atoms with Crippen molar-refractivity contribution in [3.8, 4) is 17.6 Å². The van der Waals surface area contributed by atoms with Gasteiger partial charge in [-0.15, -0.1) is 0 Å². The molecule has 1 aromatic rings. The molecule has 0 saturated carbocycles. The van der Waals surface area contributed by atoms with Crippen molar-refractivity contribution in [3.63, 3.8) is 0 Å². The van der Waals surface area contributed by atoms with E-state index in [1.807, 2.05) is 0 Å². The van der Waals surface area contributed by atoms with Gasteiger partial charge in [-0.25, -0.2) is 4.79 Å². The zero-order chi connectivity index (χ0) is 12.0. The fourth-order valence-corrected chi connectivity index (χ4v) is 1.15. The summed E-state index contributed by atoms with van der Waals surface area (Å²) in [7, 11) is 1.47. The SMILES string of the molecule is COc1ccc(C#CCCO)c(C(=O)O)c1. The normalized spacial score (nSPS) is 9.12. The van der Waals surface area contributed by atoms with Crippen molar-refractivity contribution in [2.45, 2.75) is 6.42 Å². The van der Waals surface area contributed by atoms with Crippen LogP contribution in [0.4, 0.5) is 0 Å². The molecule has 1 aromatic carbocycles. The van der Waals surface area contributed by atoms with Crippen LogP contribution in [0.15, 0.2) is 18.2 Å². The van der Waals surface area contributed by atoms with Crippen LogP contribution >= 0.6 is 0 Å². The van der Waals surface area contributed by atoms with E-state index in [0.717, 1.165) is 0 Å². The number of carboxylic acids is 1. The Morgan fingerprint density at radius 2 is 2.25 bits per heavy atom. The maximum absolute atomic E-state index is 10.9. The lowest BCUT2D eigenvalue weighted by molar-refractivity contribution is 0.0696. The number of ether oxygens (including phenoxy) is 1. The van der Waals surface area contributed by atoms with E-state index in [-0.39, 0.29) is 12.2 Å². The topological polar surface area (TPSA) is 66.8 Å². The monoisotopic (exact) mass is 220 g/mol. The molecular formula is C12H12O4. The van der Waals surface area contributed by atoms with E-state index in [0.29, 0.717) is 17.7 Å². The Bertz CT molecular complexity index is 440. The van der Waals surface area contributed by atoms with E-state index in [1.54, 1.807) is 12.1 Å². The number of methoxy groups -OCH3 is 1. The van der Waals surface area contributed by atoms with Crippen molar-refractivity contribution < 1.29 is 19.7 Å². The number of carboxylic acid groups (broad SMARTS) is 1. The first-order valence-corrected chi connectivity index (χ1v) is 4.70. The Balaban J connectivity index is 3.09. The number of hydrogen-bond donors (Lipinski definition) is 2. The predicted octanol–water partition coefficient (Wildman–Crippen LogP) is 1.13. The zero-order valence-corrected chi connectivity index (χ0v) is 8.86. The Labute approximate surface area is 93.5 Å². The molecule has 0 aromatic heterocycles. The van der Waals surface area contributed by atoms with E-state index in [1.165, 1.54) is 13.2 Å². The van der Waals surface area contributed by atoms with Crippen LogP contribution in [0.2, 0.25) is 0 Å². The summed E-state index contributed by atoms with van der Waals surface area (Å²) in [5, 5.41) is 17.5. The number of aliphatic hydroxyl groups is 1. The van der Waals surface area contributed by atoms with Gasteiger partial charge >= 0.3 is 5.97 Å². The minimum Gasteiger partial charge on any atom is -0.497 e.